The van der Waals surface area contributed by atoms with Crippen LogP contribution in [0.4, 0.5) is 0 Å². The maximum Gasteiger partial charge on any atom is 0.326 e. The number of hydrogen-bond donors (Lipinski definition) is 7. The van der Waals surface area contributed by atoms with E-state index in [1.165, 1.54) is 0 Å². The van der Waals surface area contributed by atoms with Crippen LogP contribution in [0.15, 0.2) is 65.7 Å². The van der Waals surface area contributed by atoms with E-state index in [0.29, 0.717) is 25.8 Å². The minimum atomic E-state index is -1.21. The molecule has 228 valence electrons. The average Bonchev–Trinajstić information content (AvgIpc) is 2.97. The molecule has 0 bridgehead atoms. The second-order valence-electron chi connectivity index (χ2n) is 10.3. The number of nitrogens with two attached hydrogens (primary N) is 3. The Labute approximate surface area is 246 Å². The van der Waals surface area contributed by atoms with Gasteiger partial charge < -0.3 is 38.3 Å². The fourth-order valence-corrected chi connectivity index (χ4v) is 4.26. The summed E-state index contributed by atoms with van der Waals surface area (Å²) in [4.78, 5) is 55.7. The van der Waals surface area contributed by atoms with Crippen molar-refractivity contribution in [3.8, 4) is 0 Å². The number of carbonyl (C=O) groups is 4. The highest BCUT2D eigenvalue weighted by molar-refractivity contribution is 5.94. The van der Waals surface area contributed by atoms with E-state index in [4.69, 9.17) is 17.2 Å². The molecule has 0 aromatic heterocycles. The van der Waals surface area contributed by atoms with Gasteiger partial charge in [0.05, 0.1) is 6.04 Å². The molecule has 12 heteroatoms. The monoisotopic (exact) mass is 581 g/mol. The molecule has 0 heterocycles. The molecule has 12 nitrogen and oxygen atoms in total. The number of aliphatic imine (C=N–C) groups is 1. The first-order chi connectivity index (χ1) is 20.0. The van der Waals surface area contributed by atoms with E-state index in [9.17, 15) is 24.3 Å². The normalized spacial score (nSPS) is 14.4. The van der Waals surface area contributed by atoms with Crippen LogP contribution in [0.2, 0.25) is 0 Å². The number of nitrogens with zero attached hydrogens (tertiary/aromatic N) is 1. The van der Waals surface area contributed by atoms with Gasteiger partial charge in [-0.3, -0.25) is 19.4 Å². The lowest BCUT2D eigenvalue weighted by molar-refractivity contribution is -0.142. The molecule has 0 fully saturated rings. The van der Waals surface area contributed by atoms with Gasteiger partial charge in [0, 0.05) is 19.4 Å². The smallest absolute Gasteiger partial charge is 0.326 e. The van der Waals surface area contributed by atoms with Crippen LogP contribution in [0.3, 0.4) is 0 Å². The molecule has 10 N–H and O–H groups in total. The number of benzene rings is 2. The topological polar surface area (TPSA) is 215 Å². The average molecular weight is 582 g/mol. The molecule has 0 aliphatic rings. The van der Waals surface area contributed by atoms with Crippen LogP contribution in [-0.4, -0.2) is 65.5 Å². The Morgan fingerprint density at radius 1 is 0.810 bits per heavy atom. The molecular weight excluding hydrogens is 538 g/mol. The zero-order valence-electron chi connectivity index (χ0n) is 24.2. The highest BCUT2D eigenvalue weighted by atomic mass is 16.4. The first kappa shape index (κ1) is 33.8. The Kier molecular flexibility index (Phi) is 14.0. The maximum absolute atomic E-state index is 13.5. The van der Waals surface area contributed by atoms with Crippen molar-refractivity contribution in [2.75, 3.05) is 6.54 Å². The summed E-state index contributed by atoms with van der Waals surface area (Å²) in [5, 5.41) is 17.9. The predicted molar refractivity (Wildman–Crippen MR) is 161 cm³/mol. The number of nitrogens with one attached hydrogen (secondary N) is 3. The van der Waals surface area contributed by atoms with Crippen molar-refractivity contribution in [3.05, 3.63) is 71.8 Å². The van der Waals surface area contributed by atoms with E-state index in [0.717, 1.165) is 11.1 Å². The van der Waals surface area contributed by atoms with Crippen molar-refractivity contribution in [3.63, 3.8) is 0 Å². The van der Waals surface area contributed by atoms with E-state index in [1.807, 2.05) is 19.1 Å². The van der Waals surface area contributed by atoms with Gasteiger partial charge in [-0.05, 0) is 29.9 Å². The summed E-state index contributed by atoms with van der Waals surface area (Å²) >= 11 is 0. The highest BCUT2D eigenvalue weighted by Crippen LogP contribution is 2.12. The largest absolute Gasteiger partial charge is 0.480 e. The third kappa shape index (κ3) is 11.6. The van der Waals surface area contributed by atoms with Crippen LogP contribution in [0, 0.1) is 5.92 Å². The Morgan fingerprint density at radius 2 is 1.33 bits per heavy atom. The van der Waals surface area contributed by atoms with Gasteiger partial charge in [-0.25, -0.2) is 4.79 Å². The van der Waals surface area contributed by atoms with Crippen LogP contribution in [-0.2, 0) is 32.0 Å². The Morgan fingerprint density at radius 3 is 1.83 bits per heavy atom. The fourth-order valence-electron chi connectivity index (χ4n) is 4.26. The van der Waals surface area contributed by atoms with Crippen LogP contribution in [0.1, 0.15) is 44.2 Å². The minimum Gasteiger partial charge on any atom is -0.480 e. The molecule has 42 heavy (non-hydrogen) atoms. The third-order valence-electron chi connectivity index (χ3n) is 6.91. The Hall–Kier alpha value is -4.45. The molecule has 2 aromatic carbocycles. The summed E-state index contributed by atoms with van der Waals surface area (Å²) in [6.45, 7) is 4.00. The summed E-state index contributed by atoms with van der Waals surface area (Å²) < 4.78 is 0. The molecule has 0 aliphatic heterocycles. The number of carboxylic acid groups (broad SMARTS) is 1. The van der Waals surface area contributed by atoms with Crippen LogP contribution in [0.5, 0.6) is 0 Å². The van der Waals surface area contributed by atoms with E-state index in [-0.39, 0.29) is 24.7 Å². The van der Waals surface area contributed by atoms with E-state index >= 15 is 0 Å². The number of amides is 3. The maximum atomic E-state index is 13.5. The second kappa shape index (κ2) is 17.4. The van der Waals surface area contributed by atoms with Gasteiger partial charge in [0.1, 0.15) is 18.1 Å². The van der Waals surface area contributed by atoms with Gasteiger partial charge in [0.25, 0.3) is 0 Å². The van der Waals surface area contributed by atoms with Crippen molar-refractivity contribution in [2.24, 2.45) is 28.1 Å². The van der Waals surface area contributed by atoms with Crippen LogP contribution >= 0.6 is 0 Å². The SMILES string of the molecule is CC[C@H](C)[C@H](NC(=O)[C@@H](N)CCCN=C(N)N)C(=O)N[C@@H](Cc1ccccc1)C(=O)N[C@@H](Cc1ccccc1)C(=O)O. The highest BCUT2D eigenvalue weighted by Gasteiger charge is 2.32. The second-order valence-corrected chi connectivity index (χ2v) is 10.3. The van der Waals surface area contributed by atoms with Gasteiger partial charge in [0.15, 0.2) is 5.96 Å². The molecular formula is C30H43N7O5. The summed E-state index contributed by atoms with van der Waals surface area (Å²) in [6.07, 6.45) is 1.52. The summed E-state index contributed by atoms with van der Waals surface area (Å²) in [5.74, 6) is -3.27. The van der Waals surface area contributed by atoms with Gasteiger partial charge in [-0.1, -0.05) is 80.9 Å². The summed E-state index contributed by atoms with van der Waals surface area (Å²) in [7, 11) is 0. The van der Waals surface area contributed by atoms with Crippen molar-refractivity contribution < 1.29 is 24.3 Å². The van der Waals surface area contributed by atoms with Gasteiger partial charge in [-0.2, -0.15) is 0 Å². The number of guanidine groups is 1. The van der Waals surface area contributed by atoms with Crippen LogP contribution in [0.25, 0.3) is 0 Å². The van der Waals surface area contributed by atoms with E-state index in [1.54, 1.807) is 55.5 Å². The molecule has 0 aliphatic carbocycles. The predicted octanol–water partition coefficient (Wildman–Crippen LogP) is 0.438. The van der Waals surface area contributed by atoms with Crippen LogP contribution < -0.4 is 33.2 Å². The van der Waals surface area contributed by atoms with Gasteiger partial charge in [-0.15, -0.1) is 0 Å². The quantitative estimate of drug-likeness (QED) is 0.0788. The number of carboxylic acids is 1. The zero-order chi connectivity index (χ0) is 31.1. The first-order valence-corrected chi connectivity index (χ1v) is 14.0. The lowest BCUT2D eigenvalue weighted by Gasteiger charge is -2.28. The lowest BCUT2D eigenvalue weighted by atomic mass is 9.96. The molecule has 0 radical (unpaired) electrons. The molecule has 5 atom stereocenters. The molecule has 0 unspecified atom stereocenters. The molecule has 3 amide bonds. The van der Waals surface area contributed by atoms with Crippen molar-refractivity contribution in [1.29, 1.82) is 0 Å². The van der Waals surface area contributed by atoms with Gasteiger partial charge in [0.2, 0.25) is 17.7 Å². The number of hydrogen-bond acceptors (Lipinski definition) is 6. The molecule has 2 aromatic rings. The van der Waals surface area contributed by atoms with E-state index in [2.05, 4.69) is 20.9 Å². The summed E-state index contributed by atoms with van der Waals surface area (Å²) in [6, 6.07) is 13.8. The molecule has 0 saturated heterocycles. The minimum absolute atomic E-state index is 0.0506. The van der Waals surface area contributed by atoms with Crippen molar-refractivity contribution in [1.82, 2.24) is 16.0 Å². The van der Waals surface area contributed by atoms with E-state index < -0.39 is 47.9 Å². The first-order valence-electron chi connectivity index (χ1n) is 14.0. The fraction of sp³-hybridized carbons (Fsp3) is 0.433. The molecule has 2 rings (SSSR count). The van der Waals surface area contributed by atoms with Crippen molar-refractivity contribution in [2.45, 2.75) is 70.1 Å². The number of carbonyl (C=O) groups excluding carboxylic acids is 3. The lowest BCUT2D eigenvalue weighted by Crippen LogP contribution is -2.59. The third-order valence-corrected chi connectivity index (χ3v) is 6.91. The molecule has 0 saturated carbocycles. The van der Waals surface area contributed by atoms with Crippen molar-refractivity contribution >= 4 is 29.7 Å². The Bertz CT molecular complexity index is 1190. The van der Waals surface area contributed by atoms with Gasteiger partial charge >= 0.3 is 5.97 Å². The standard InChI is InChI=1S/C30H43N7O5/c1-3-19(2)25(37-26(38)22(31)15-10-16-34-30(32)33)28(40)35-23(17-20-11-6-4-7-12-20)27(39)36-24(29(41)42)18-21-13-8-5-9-14-21/h4-9,11-14,19,22-25H,3,10,15-18,31H2,1-2H3,(H,35,40)(H,36,39)(H,37,38)(H,41,42)(H4,32,33,34)/t19-,22-,23-,24-,25-/m0/s1. The number of aliphatic carboxylic acids is 1. The number of rotatable bonds is 17. The Balaban J connectivity index is 2.20. The summed E-state index contributed by atoms with van der Waals surface area (Å²) in [5.41, 5.74) is 18.2. The molecule has 0 spiro atoms. The zero-order valence-corrected chi connectivity index (χ0v) is 24.2.